The smallest absolute Gasteiger partial charge is 0.255 e. The minimum Gasteiger partial charge on any atom is -0.384 e. The van der Waals surface area contributed by atoms with Crippen LogP contribution in [0.4, 0.5) is 5.82 Å². The van der Waals surface area contributed by atoms with Crippen LogP contribution in [-0.2, 0) is 0 Å². The molecule has 1 unspecified atom stereocenters. The van der Waals surface area contributed by atoms with Crippen LogP contribution < -0.4 is 5.73 Å². The van der Waals surface area contributed by atoms with Crippen molar-refractivity contribution in [2.45, 2.75) is 19.4 Å². The molecular weight excluding hydrogens is 314 g/mol. The standard InChI is InChI=1S/C12H18BrN3OS/c1-4-8(7-18-3)16(2)12(17)9-5-11(14)15-6-10(9)13/h5-6,8H,4,7H2,1-3H3,(H2,14,15). The quantitative estimate of drug-likeness (QED) is 0.901. The Morgan fingerprint density at radius 2 is 2.33 bits per heavy atom. The second-order valence-corrected chi connectivity index (χ2v) is 5.79. The number of aromatic nitrogens is 1. The van der Waals surface area contributed by atoms with Crippen molar-refractivity contribution in [3.8, 4) is 0 Å². The number of carbonyl (C=O) groups is 1. The summed E-state index contributed by atoms with van der Waals surface area (Å²) in [5.74, 6) is 1.25. The van der Waals surface area contributed by atoms with Gasteiger partial charge in [0, 0.05) is 29.5 Å². The number of rotatable bonds is 5. The van der Waals surface area contributed by atoms with Crippen molar-refractivity contribution in [3.05, 3.63) is 22.3 Å². The van der Waals surface area contributed by atoms with Gasteiger partial charge >= 0.3 is 0 Å². The monoisotopic (exact) mass is 331 g/mol. The second kappa shape index (κ2) is 6.99. The van der Waals surface area contributed by atoms with E-state index in [1.807, 2.05) is 13.3 Å². The molecule has 0 fully saturated rings. The van der Waals surface area contributed by atoms with E-state index < -0.39 is 0 Å². The largest absolute Gasteiger partial charge is 0.384 e. The number of thioether (sulfide) groups is 1. The third-order valence-electron chi connectivity index (χ3n) is 2.81. The summed E-state index contributed by atoms with van der Waals surface area (Å²) >= 11 is 5.08. The SMILES string of the molecule is CCC(CSC)N(C)C(=O)c1cc(N)ncc1Br. The van der Waals surface area contributed by atoms with Crippen molar-refractivity contribution in [3.63, 3.8) is 0 Å². The lowest BCUT2D eigenvalue weighted by Crippen LogP contribution is -2.38. The van der Waals surface area contributed by atoms with E-state index in [0.29, 0.717) is 15.9 Å². The van der Waals surface area contributed by atoms with Crippen LogP contribution in [0.2, 0.25) is 0 Å². The Kier molecular flexibility index (Phi) is 5.95. The van der Waals surface area contributed by atoms with Gasteiger partial charge in [0.2, 0.25) is 0 Å². The third-order valence-corrected chi connectivity index (χ3v) is 4.16. The highest BCUT2D eigenvalue weighted by Crippen LogP contribution is 2.21. The Labute approximate surface area is 120 Å². The molecule has 2 N–H and O–H groups in total. The Hall–Kier alpha value is -0.750. The van der Waals surface area contributed by atoms with Crippen molar-refractivity contribution in [1.29, 1.82) is 0 Å². The zero-order valence-electron chi connectivity index (χ0n) is 10.8. The van der Waals surface area contributed by atoms with E-state index in [-0.39, 0.29) is 11.9 Å². The van der Waals surface area contributed by atoms with Gasteiger partial charge in [-0.1, -0.05) is 6.92 Å². The first-order valence-electron chi connectivity index (χ1n) is 5.68. The average molecular weight is 332 g/mol. The second-order valence-electron chi connectivity index (χ2n) is 4.02. The number of nitrogen functional groups attached to an aromatic ring is 1. The number of pyridine rings is 1. The minimum absolute atomic E-state index is 0.0307. The normalized spacial score (nSPS) is 12.2. The molecule has 0 saturated carbocycles. The summed E-state index contributed by atoms with van der Waals surface area (Å²) in [4.78, 5) is 18.1. The molecule has 0 spiro atoms. The molecule has 0 saturated heterocycles. The number of nitrogens with zero attached hydrogens (tertiary/aromatic N) is 2. The van der Waals surface area contributed by atoms with E-state index in [1.165, 1.54) is 0 Å². The van der Waals surface area contributed by atoms with E-state index in [9.17, 15) is 4.79 Å². The number of carbonyl (C=O) groups excluding carboxylic acids is 1. The maximum absolute atomic E-state index is 12.4. The van der Waals surface area contributed by atoms with Crippen molar-refractivity contribution < 1.29 is 4.79 Å². The first-order valence-corrected chi connectivity index (χ1v) is 7.87. The predicted octanol–water partition coefficient (Wildman–Crippen LogP) is 2.64. The third kappa shape index (κ3) is 3.62. The van der Waals surface area contributed by atoms with Crippen molar-refractivity contribution in [2.24, 2.45) is 0 Å². The van der Waals surface area contributed by atoms with Crippen LogP contribution in [0.15, 0.2) is 16.7 Å². The number of nitrogens with two attached hydrogens (primary N) is 1. The van der Waals surface area contributed by atoms with Crippen LogP contribution in [0.3, 0.4) is 0 Å². The predicted molar refractivity (Wildman–Crippen MR) is 80.9 cm³/mol. The zero-order chi connectivity index (χ0) is 13.7. The van der Waals surface area contributed by atoms with E-state index in [0.717, 1.165) is 12.2 Å². The molecule has 0 radical (unpaired) electrons. The van der Waals surface area contributed by atoms with Crippen molar-refractivity contribution in [1.82, 2.24) is 9.88 Å². The van der Waals surface area contributed by atoms with E-state index in [2.05, 4.69) is 27.8 Å². The van der Waals surface area contributed by atoms with E-state index >= 15 is 0 Å². The zero-order valence-corrected chi connectivity index (χ0v) is 13.2. The number of hydrogen-bond donors (Lipinski definition) is 1. The van der Waals surface area contributed by atoms with Gasteiger partial charge < -0.3 is 10.6 Å². The van der Waals surface area contributed by atoms with E-state index in [4.69, 9.17) is 5.73 Å². The lowest BCUT2D eigenvalue weighted by atomic mass is 10.1. The molecule has 1 aromatic heterocycles. The molecule has 0 aliphatic carbocycles. The highest BCUT2D eigenvalue weighted by Gasteiger charge is 2.21. The lowest BCUT2D eigenvalue weighted by Gasteiger charge is -2.27. The van der Waals surface area contributed by atoms with Gasteiger partial charge in [0.15, 0.2) is 0 Å². The van der Waals surface area contributed by atoms with Crippen molar-refractivity contribution >= 4 is 39.4 Å². The van der Waals surface area contributed by atoms with Crippen LogP contribution in [0.1, 0.15) is 23.7 Å². The Morgan fingerprint density at radius 3 is 2.89 bits per heavy atom. The highest BCUT2D eigenvalue weighted by atomic mass is 79.9. The molecular formula is C12H18BrN3OS. The van der Waals surface area contributed by atoms with Gasteiger partial charge in [0.05, 0.1) is 5.56 Å². The van der Waals surface area contributed by atoms with Gasteiger partial charge in [-0.05, 0) is 34.7 Å². The number of amides is 1. The molecule has 4 nitrogen and oxygen atoms in total. The summed E-state index contributed by atoms with van der Waals surface area (Å²) in [5, 5.41) is 0. The fraction of sp³-hybridized carbons (Fsp3) is 0.500. The van der Waals surface area contributed by atoms with Crippen LogP contribution in [0.5, 0.6) is 0 Å². The van der Waals surface area contributed by atoms with E-state index in [1.54, 1.807) is 28.9 Å². The molecule has 1 heterocycles. The molecule has 1 atom stereocenters. The summed E-state index contributed by atoms with van der Waals surface area (Å²) in [5.41, 5.74) is 6.19. The van der Waals surface area contributed by atoms with Gasteiger partial charge in [-0.15, -0.1) is 0 Å². The van der Waals surface area contributed by atoms with Crippen LogP contribution in [0, 0.1) is 0 Å². The maximum atomic E-state index is 12.4. The van der Waals surface area contributed by atoms with Gasteiger partial charge in [-0.25, -0.2) is 4.98 Å². The molecule has 0 aliphatic rings. The summed E-state index contributed by atoms with van der Waals surface area (Å²) in [7, 11) is 1.83. The van der Waals surface area contributed by atoms with Crippen molar-refractivity contribution in [2.75, 3.05) is 24.8 Å². The summed E-state index contributed by atoms with van der Waals surface area (Å²) in [6.07, 6.45) is 4.54. The molecule has 100 valence electrons. The maximum Gasteiger partial charge on any atom is 0.255 e. The van der Waals surface area contributed by atoms with Gasteiger partial charge in [-0.2, -0.15) is 11.8 Å². The molecule has 0 aromatic carbocycles. The topological polar surface area (TPSA) is 59.2 Å². The average Bonchev–Trinajstić information content (AvgIpc) is 2.37. The van der Waals surface area contributed by atoms with Gasteiger partial charge in [0.1, 0.15) is 5.82 Å². The summed E-state index contributed by atoms with van der Waals surface area (Å²) in [6, 6.07) is 1.84. The Bertz CT molecular complexity index is 428. The molecule has 0 aliphatic heterocycles. The molecule has 0 bridgehead atoms. The van der Waals surface area contributed by atoms with Gasteiger partial charge in [0.25, 0.3) is 5.91 Å². The van der Waals surface area contributed by atoms with Crippen LogP contribution >= 0.6 is 27.7 Å². The van der Waals surface area contributed by atoms with Gasteiger partial charge in [-0.3, -0.25) is 4.79 Å². The summed E-state index contributed by atoms with van der Waals surface area (Å²) in [6.45, 7) is 2.08. The molecule has 6 heteroatoms. The summed E-state index contributed by atoms with van der Waals surface area (Å²) < 4.78 is 0.674. The van der Waals surface area contributed by atoms with Crippen LogP contribution in [-0.4, -0.2) is 40.9 Å². The Morgan fingerprint density at radius 1 is 1.67 bits per heavy atom. The minimum atomic E-state index is -0.0307. The first-order chi connectivity index (χ1) is 8.51. The lowest BCUT2D eigenvalue weighted by molar-refractivity contribution is 0.0742. The first kappa shape index (κ1) is 15.3. The highest BCUT2D eigenvalue weighted by molar-refractivity contribution is 9.10. The molecule has 1 aromatic rings. The van der Waals surface area contributed by atoms with Crippen LogP contribution in [0.25, 0.3) is 0 Å². The Balaban J connectivity index is 2.95. The number of anilines is 1. The molecule has 18 heavy (non-hydrogen) atoms. The fourth-order valence-electron chi connectivity index (χ4n) is 1.67. The number of hydrogen-bond acceptors (Lipinski definition) is 4. The fourth-order valence-corrected chi connectivity index (χ4v) is 2.90. The number of halogens is 1. The molecule has 1 amide bonds. The molecule has 1 rings (SSSR count).